The van der Waals surface area contributed by atoms with E-state index in [4.69, 9.17) is 0 Å². The van der Waals surface area contributed by atoms with E-state index in [2.05, 4.69) is 10.3 Å². The monoisotopic (exact) mass is 425 g/mol. The number of halogens is 3. The Morgan fingerprint density at radius 2 is 1.87 bits per heavy atom. The van der Waals surface area contributed by atoms with E-state index in [1.807, 2.05) is 48.2 Å². The maximum absolute atomic E-state index is 13.1. The molecule has 1 N–H and O–H groups in total. The van der Waals surface area contributed by atoms with Crippen molar-refractivity contribution in [1.82, 2.24) is 4.98 Å². The van der Waals surface area contributed by atoms with Gasteiger partial charge in [0.2, 0.25) is 5.91 Å². The van der Waals surface area contributed by atoms with Gasteiger partial charge in [0.1, 0.15) is 0 Å². The molecule has 1 aliphatic rings. The molecule has 31 heavy (non-hydrogen) atoms. The van der Waals surface area contributed by atoms with Crippen LogP contribution in [-0.2, 0) is 17.4 Å². The van der Waals surface area contributed by atoms with E-state index in [1.54, 1.807) is 13.2 Å². The Labute approximate surface area is 178 Å². The van der Waals surface area contributed by atoms with E-state index in [0.29, 0.717) is 5.69 Å². The van der Waals surface area contributed by atoms with Gasteiger partial charge in [-0.15, -0.1) is 0 Å². The third-order valence-electron chi connectivity index (χ3n) is 5.61. The summed E-state index contributed by atoms with van der Waals surface area (Å²) < 4.78 is 39.4. The van der Waals surface area contributed by atoms with Gasteiger partial charge in [0.05, 0.1) is 29.4 Å². The van der Waals surface area contributed by atoms with Gasteiger partial charge in [-0.05, 0) is 59.5 Å². The van der Waals surface area contributed by atoms with E-state index in [1.165, 1.54) is 6.07 Å². The first-order valence-electron chi connectivity index (χ1n) is 10.1. The summed E-state index contributed by atoms with van der Waals surface area (Å²) in [6, 6.07) is 15.0. The Morgan fingerprint density at radius 1 is 1.10 bits per heavy atom. The zero-order valence-corrected chi connectivity index (χ0v) is 17.2. The minimum absolute atomic E-state index is 0.131. The summed E-state index contributed by atoms with van der Waals surface area (Å²) in [5.41, 5.74) is 3.87. The van der Waals surface area contributed by atoms with Gasteiger partial charge in [0.25, 0.3) is 0 Å². The number of hydrogen-bond donors (Lipinski definition) is 1. The second-order valence-corrected chi connectivity index (χ2v) is 7.62. The molecule has 1 atom stereocenters. The molecule has 0 bridgehead atoms. The molecule has 0 saturated heterocycles. The summed E-state index contributed by atoms with van der Waals surface area (Å²) in [6.07, 6.45) is -1.73. The Kier molecular flexibility index (Phi) is 5.43. The lowest BCUT2D eigenvalue weighted by atomic mass is 9.96. The number of hydrogen-bond acceptors (Lipinski definition) is 3. The molecule has 0 fully saturated rings. The molecule has 1 amide bonds. The van der Waals surface area contributed by atoms with Crippen LogP contribution in [-0.4, -0.2) is 17.9 Å². The number of pyridine rings is 1. The number of nitrogens with zero attached hydrogens (tertiary/aromatic N) is 2. The molecule has 0 spiro atoms. The molecule has 0 radical (unpaired) electrons. The molecule has 2 heterocycles. The average Bonchev–Trinajstić information content (AvgIpc) is 2.88. The summed E-state index contributed by atoms with van der Waals surface area (Å²) in [5.74, 6) is -0.322. The van der Waals surface area contributed by atoms with E-state index < -0.39 is 11.7 Å². The number of nitrogens with one attached hydrogen (secondary N) is 1. The van der Waals surface area contributed by atoms with Crippen LogP contribution in [0.25, 0.3) is 11.1 Å². The molecular formula is C24H22F3N3O. The molecular weight excluding hydrogens is 403 g/mol. The third-order valence-corrected chi connectivity index (χ3v) is 5.61. The smallest absolute Gasteiger partial charge is 0.365 e. The number of aromatic nitrogens is 1. The lowest BCUT2D eigenvalue weighted by molar-refractivity contribution is -0.137. The van der Waals surface area contributed by atoms with E-state index in [-0.39, 0.29) is 24.1 Å². The van der Waals surface area contributed by atoms with Crippen molar-refractivity contribution in [3.05, 3.63) is 77.6 Å². The predicted octanol–water partition coefficient (Wildman–Crippen LogP) is 5.85. The highest BCUT2D eigenvalue weighted by molar-refractivity contribution is 5.97. The molecule has 4 nitrogen and oxygen atoms in total. The maximum atomic E-state index is 13.1. The zero-order chi connectivity index (χ0) is 22.2. The molecule has 1 aliphatic heterocycles. The zero-order valence-electron chi connectivity index (χ0n) is 17.2. The van der Waals surface area contributed by atoms with Crippen molar-refractivity contribution in [2.45, 2.75) is 32.0 Å². The Balaban J connectivity index is 1.72. The van der Waals surface area contributed by atoms with Crippen molar-refractivity contribution in [2.24, 2.45) is 0 Å². The van der Waals surface area contributed by atoms with Gasteiger partial charge in [-0.25, -0.2) is 0 Å². The fourth-order valence-electron chi connectivity index (χ4n) is 3.92. The summed E-state index contributed by atoms with van der Waals surface area (Å²) >= 11 is 0. The topological polar surface area (TPSA) is 45.2 Å². The van der Waals surface area contributed by atoms with Crippen LogP contribution in [0.5, 0.6) is 0 Å². The molecule has 0 saturated carbocycles. The first-order chi connectivity index (χ1) is 14.8. The molecule has 4 rings (SSSR count). The highest BCUT2D eigenvalue weighted by atomic mass is 19.4. The van der Waals surface area contributed by atoms with Crippen molar-refractivity contribution < 1.29 is 18.0 Å². The number of fused-ring (bicyclic) bond motifs is 1. The fraction of sp³-hybridized carbons (Fsp3) is 0.250. The summed E-state index contributed by atoms with van der Waals surface area (Å²) in [5, 5.41) is 2.64. The standard InChI is InChI=1S/C24H22F3N3O/c1-3-19-12-16(9-10-28-19)15-5-4-6-17(11-15)22-14-23(31)29-20-13-18(24(25,26)27)7-8-21(20)30(22)2/h4-13,22H,3,14H2,1-2H3,(H,29,31). The van der Waals surface area contributed by atoms with Crippen LogP contribution in [0.2, 0.25) is 0 Å². The molecule has 1 aromatic heterocycles. The quantitative estimate of drug-likeness (QED) is 0.573. The van der Waals surface area contributed by atoms with Crippen molar-refractivity contribution in [3.8, 4) is 11.1 Å². The van der Waals surface area contributed by atoms with Gasteiger partial charge in [0, 0.05) is 18.9 Å². The largest absolute Gasteiger partial charge is 0.416 e. The average molecular weight is 425 g/mol. The van der Waals surface area contributed by atoms with Crippen molar-refractivity contribution in [2.75, 3.05) is 17.3 Å². The SMILES string of the molecule is CCc1cc(-c2cccc(C3CC(=O)Nc4cc(C(F)(F)F)ccc4N3C)c2)ccn1. The number of carbonyl (C=O) groups is 1. The minimum Gasteiger partial charge on any atom is -0.365 e. The predicted molar refractivity (Wildman–Crippen MR) is 115 cm³/mol. The van der Waals surface area contributed by atoms with Gasteiger partial charge in [-0.2, -0.15) is 13.2 Å². The van der Waals surface area contributed by atoms with Gasteiger partial charge < -0.3 is 10.2 Å². The van der Waals surface area contributed by atoms with Gasteiger partial charge in [-0.3, -0.25) is 9.78 Å². The molecule has 0 aliphatic carbocycles. The molecule has 3 aromatic rings. The first kappa shape index (κ1) is 20.9. The summed E-state index contributed by atoms with van der Waals surface area (Å²) in [4.78, 5) is 18.7. The number of anilines is 2. The van der Waals surface area contributed by atoms with Crippen molar-refractivity contribution in [3.63, 3.8) is 0 Å². The van der Waals surface area contributed by atoms with Gasteiger partial charge in [0.15, 0.2) is 0 Å². The van der Waals surface area contributed by atoms with Crippen LogP contribution in [0.1, 0.15) is 36.2 Å². The van der Waals surface area contributed by atoms with Crippen LogP contribution in [0, 0.1) is 0 Å². The van der Waals surface area contributed by atoms with E-state index in [0.717, 1.165) is 40.9 Å². The van der Waals surface area contributed by atoms with Crippen molar-refractivity contribution >= 4 is 17.3 Å². The summed E-state index contributed by atoms with van der Waals surface area (Å²) in [6.45, 7) is 2.04. The van der Waals surface area contributed by atoms with E-state index >= 15 is 0 Å². The number of alkyl halides is 3. The van der Waals surface area contributed by atoms with Crippen LogP contribution in [0.3, 0.4) is 0 Å². The number of benzene rings is 2. The molecule has 2 aromatic carbocycles. The minimum atomic E-state index is -4.47. The van der Waals surface area contributed by atoms with Gasteiger partial charge in [-0.1, -0.05) is 25.1 Å². The number of carbonyl (C=O) groups excluding carboxylic acids is 1. The lowest BCUT2D eigenvalue weighted by Gasteiger charge is -2.29. The Morgan fingerprint density at radius 3 is 2.61 bits per heavy atom. The molecule has 160 valence electrons. The highest BCUT2D eigenvalue weighted by Gasteiger charge is 2.33. The first-order valence-corrected chi connectivity index (χ1v) is 10.1. The molecule has 1 unspecified atom stereocenters. The van der Waals surface area contributed by atoms with Crippen LogP contribution >= 0.6 is 0 Å². The Hall–Kier alpha value is -3.35. The van der Waals surface area contributed by atoms with Crippen LogP contribution in [0.4, 0.5) is 24.5 Å². The van der Waals surface area contributed by atoms with E-state index in [9.17, 15) is 18.0 Å². The van der Waals surface area contributed by atoms with Gasteiger partial charge >= 0.3 is 6.18 Å². The third kappa shape index (κ3) is 4.26. The lowest BCUT2D eigenvalue weighted by Crippen LogP contribution is -2.25. The molecule has 7 heteroatoms. The second-order valence-electron chi connectivity index (χ2n) is 7.62. The normalized spacial score (nSPS) is 16.5. The Bertz CT molecular complexity index is 1130. The maximum Gasteiger partial charge on any atom is 0.416 e. The number of rotatable bonds is 3. The second kappa shape index (κ2) is 8.06. The number of aryl methyl sites for hydroxylation is 1. The van der Waals surface area contributed by atoms with Crippen LogP contribution in [0.15, 0.2) is 60.8 Å². The highest BCUT2D eigenvalue weighted by Crippen LogP contribution is 2.40. The van der Waals surface area contributed by atoms with Crippen LogP contribution < -0.4 is 10.2 Å². The van der Waals surface area contributed by atoms with Crippen molar-refractivity contribution in [1.29, 1.82) is 0 Å². The number of amides is 1. The summed E-state index contributed by atoms with van der Waals surface area (Å²) in [7, 11) is 1.80. The fourth-order valence-corrected chi connectivity index (χ4v) is 3.92.